The van der Waals surface area contributed by atoms with Crippen molar-refractivity contribution >= 4 is 11.8 Å². The van der Waals surface area contributed by atoms with E-state index >= 15 is 0 Å². The first-order valence-electron chi connectivity index (χ1n) is 7.70. The number of rotatable bonds is 5. The minimum absolute atomic E-state index is 0.0349. The summed E-state index contributed by atoms with van der Waals surface area (Å²) in [5, 5.41) is 6.18. The standard InChI is InChI=1S/C18H24N2O3/c1-13(16-10-7-11-22-16)20-15-9-6-5-8-14(15)12-19-17(21)23-18(2,3)4/h5-11,13,20H,12H2,1-4H3,(H,19,21). The molecule has 2 rings (SSSR count). The van der Waals surface area contributed by atoms with Crippen LogP contribution in [-0.4, -0.2) is 11.7 Å². The molecule has 1 aromatic carbocycles. The van der Waals surface area contributed by atoms with Crippen LogP contribution in [0.2, 0.25) is 0 Å². The highest BCUT2D eigenvalue weighted by Gasteiger charge is 2.16. The summed E-state index contributed by atoms with van der Waals surface area (Å²) in [6.45, 7) is 7.94. The maximum atomic E-state index is 11.8. The molecule has 1 amide bonds. The summed E-state index contributed by atoms with van der Waals surface area (Å²) in [6.07, 6.45) is 1.23. The quantitative estimate of drug-likeness (QED) is 0.854. The Labute approximate surface area is 137 Å². The van der Waals surface area contributed by atoms with Gasteiger partial charge in [0.05, 0.1) is 12.3 Å². The first-order chi connectivity index (χ1) is 10.8. The summed E-state index contributed by atoms with van der Waals surface area (Å²) in [6, 6.07) is 11.7. The lowest BCUT2D eigenvalue weighted by molar-refractivity contribution is 0.0523. The van der Waals surface area contributed by atoms with E-state index in [9.17, 15) is 4.79 Å². The number of anilines is 1. The second-order valence-electron chi connectivity index (χ2n) is 6.39. The van der Waals surface area contributed by atoms with Gasteiger partial charge in [-0.3, -0.25) is 0 Å². The van der Waals surface area contributed by atoms with E-state index < -0.39 is 11.7 Å². The summed E-state index contributed by atoms with van der Waals surface area (Å²) in [5.74, 6) is 0.861. The summed E-state index contributed by atoms with van der Waals surface area (Å²) >= 11 is 0. The first kappa shape index (κ1) is 16.9. The SMILES string of the molecule is CC(Nc1ccccc1CNC(=O)OC(C)(C)C)c1ccco1. The highest BCUT2D eigenvalue weighted by molar-refractivity contribution is 5.68. The third-order valence-electron chi connectivity index (χ3n) is 3.18. The molecule has 1 unspecified atom stereocenters. The number of amides is 1. The zero-order chi connectivity index (χ0) is 16.9. The van der Waals surface area contributed by atoms with Gasteiger partial charge in [0.1, 0.15) is 11.4 Å². The van der Waals surface area contributed by atoms with Crippen molar-refractivity contribution in [1.29, 1.82) is 0 Å². The van der Waals surface area contributed by atoms with Gasteiger partial charge in [-0.1, -0.05) is 18.2 Å². The monoisotopic (exact) mass is 316 g/mol. The number of hydrogen-bond donors (Lipinski definition) is 2. The molecule has 5 nitrogen and oxygen atoms in total. The van der Waals surface area contributed by atoms with E-state index in [1.807, 2.05) is 64.1 Å². The number of alkyl carbamates (subject to hydrolysis) is 1. The van der Waals surface area contributed by atoms with Gasteiger partial charge in [-0.15, -0.1) is 0 Å². The lowest BCUT2D eigenvalue weighted by Crippen LogP contribution is -2.32. The van der Waals surface area contributed by atoms with Crippen molar-refractivity contribution in [3.8, 4) is 0 Å². The summed E-state index contributed by atoms with van der Waals surface area (Å²) < 4.78 is 10.7. The number of furan rings is 1. The second kappa shape index (κ2) is 7.22. The second-order valence-corrected chi connectivity index (χ2v) is 6.39. The maximum absolute atomic E-state index is 11.8. The van der Waals surface area contributed by atoms with Crippen molar-refractivity contribution in [2.24, 2.45) is 0 Å². The fourth-order valence-corrected chi connectivity index (χ4v) is 2.14. The van der Waals surface area contributed by atoms with Crippen LogP contribution in [0, 0.1) is 0 Å². The van der Waals surface area contributed by atoms with Crippen molar-refractivity contribution in [2.75, 3.05) is 5.32 Å². The van der Waals surface area contributed by atoms with E-state index in [0.29, 0.717) is 6.54 Å². The molecule has 0 aliphatic carbocycles. The van der Waals surface area contributed by atoms with Crippen molar-refractivity contribution in [3.05, 3.63) is 54.0 Å². The Balaban J connectivity index is 1.99. The predicted molar refractivity (Wildman–Crippen MR) is 90.3 cm³/mol. The summed E-state index contributed by atoms with van der Waals surface area (Å²) in [4.78, 5) is 11.8. The van der Waals surface area contributed by atoms with E-state index in [1.165, 1.54) is 0 Å². The molecule has 0 saturated heterocycles. The van der Waals surface area contributed by atoms with E-state index in [1.54, 1.807) is 6.26 Å². The smallest absolute Gasteiger partial charge is 0.407 e. The van der Waals surface area contributed by atoms with Crippen LogP contribution in [-0.2, 0) is 11.3 Å². The van der Waals surface area contributed by atoms with Crippen LogP contribution in [0.5, 0.6) is 0 Å². The normalized spacial score (nSPS) is 12.5. The Bertz CT molecular complexity index is 630. The Morgan fingerprint density at radius 2 is 1.96 bits per heavy atom. The molecular formula is C18H24N2O3. The van der Waals surface area contributed by atoms with Crippen LogP contribution in [0.1, 0.15) is 45.1 Å². The van der Waals surface area contributed by atoms with Crippen molar-refractivity contribution in [3.63, 3.8) is 0 Å². The van der Waals surface area contributed by atoms with E-state index in [-0.39, 0.29) is 6.04 Å². The molecule has 2 aromatic rings. The van der Waals surface area contributed by atoms with Crippen molar-refractivity contribution in [2.45, 2.75) is 45.9 Å². The fourth-order valence-electron chi connectivity index (χ4n) is 2.14. The van der Waals surface area contributed by atoms with E-state index in [4.69, 9.17) is 9.15 Å². The predicted octanol–water partition coefficient (Wildman–Crippen LogP) is 4.48. The van der Waals surface area contributed by atoms with Crippen LogP contribution in [0.4, 0.5) is 10.5 Å². The number of carbonyl (C=O) groups excluding carboxylic acids is 1. The van der Waals surface area contributed by atoms with Gasteiger partial charge in [0, 0.05) is 12.2 Å². The molecule has 0 saturated carbocycles. The number of carbonyl (C=O) groups is 1. The molecule has 1 atom stereocenters. The largest absolute Gasteiger partial charge is 0.467 e. The van der Waals surface area contributed by atoms with Crippen LogP contribution < -0.4 is 10.6 Å². The number of hydrogen-bond acceptors (Lipinski definition) is 4. The molecule has 1 heterocycles. The number of ether oxygens (including phenoxy) is 1. The van der Waals surface area contributed by atoms with Gasteiger partial charge in [-0.05, 0) is 51.5 Å². The van der Waals surface area contributed by atoms with E-state index in [2.05, 4.69) is 10.6 Å². The zero-order valence-corrected chi connectivity index (χ0v) is 14.1. The highest BCUT2D eigenvalue weighted by atomic mass is 16.6. The van der Waals surface area contributed by atoms with Crippen LogP contribution in [0.3, 0.4) is 0 Å². The summed E-state index contributed by atoms with van der Waals surface area (Å²) in [5.41, 5.74) is 1.43. The molecule has 2 N–H and O–H groups in total. The summed E-state index contributed by atoms with van der Waals surface area (Å²) in [7, 11) is 0. The van der Waals surface area contributed by atoms with Crippen LogP contribution in [0.25, 0.3) is 0 Å². The average molecular weight is 316 g/mol. The zero-order valence-electron chi connectivity index (χ0n) is 14.1. The Morgan fingerprint density at radius 1 is 1.22 bits per heavy atom. The molecule has 0 spiro atoms. The first-order valence-corrected chi connectivity index (χ1v) is 7.70. The van der Waals surface area contributed by atoms with Gasteiger partial charge >= 0.3 is 6.09 Å². The molecule has 0 radical (unpaired) electrons. The molecule has 23 heavy (non-hydrogen) atoms. The Kier molecular flexibility index (Phi) is 5.32. The lowest BCUT2D eigenvalue weighted by atomic mass is 10.1. The van der Waals surface area contributed by atoms with Gasteiger partial charge in [0.25, 0.3) is 0 Å². The number of para-hydroxylation sites is 1. The fraction of sp³-hybridized carbons (Fsp3) is 0.389. The van der Waals surface area contributed by atoms with Gasteiger partial charge in [-0.25, -0.2) is 4.79 Å². The number of benzene rings is 1. The van der Waals surface area contributed by atoms with E-state index in [0.717, 1.165) is 17.0 Å². The molecular weight excluding hydrogens is 292 g/mol. The van der Waals surface area contributed by atoms with Gasteiger partial charge in [0.15, 0.2) is 0 Å². The van der Waals surface area contributed by atoms with Crippen LogP contribution in [0.15, 0.2) is 47.1 Å². The molecule has 0 fully saturated rings. The molecule has 0 aliphatic heterocycles. The minimum Gasteiger partial charge on any atom is -0.467 e. The lowest BCUT2D eigenvalue weighted by Gasteiger charge is -2.20. The Hall–Kier alpha value is -2.43. The average Bonchev–Trinajstić information content (AvgIpc) is 2.99. The highest BCUT2D eigenvalue weighted by Crippen LogP contribution is 2.22. The molecule has 1 aromatic heterocycles. The topological polar surface area (TPSA) is 63.5 Å². The van der Waals surface area contributed by atoms with Crippen molar-refractivity contribution in [1.82, 2.24) is 5.32 Å². The molecule has 5 heteroatoms. The third kappa shape index (κ3) is 5.36. The Morgan fingerprint density at radius 3 is 2.61 bits per heavy atom. The van der Waals surface area contributed by atoms with Gasteiger partial charge < -0.3 is 19.8 Å². The van der Waals surface area contributed by atoms with Gasteiger partial charge in [-0.2, -0.15) is 0 Å². The van der Waals surface area contributed by atoms with Gasteiger partial charge in [0.2, 0.25) is 0 Å². The van der Waals surface area contributed by atoms with Crippen LogP contribution >= 0.6 is 0 Å². The number of nitrogens with one attached hydrogen (secondary N) is 2. The molecule has 0 aliphatic rings. The minimum atomic E-state index is -0.504. The molecule has 0 bridgehead atoms. The maximum Gasteiger partial charge on any atom is 0.407 e. The molecule has 124 valence electrons. The third-order valence-corrected chi connectivity index (χ3v) is 3.18. The van der Waals surface area contributed by atoms with Crippen molar-refractivity contribution < 1.29 is 13.9 Å².